The zero-order chi connectivity index (χ0) is 20.1. The lowest BCUT2D eigenvalue weighted by Crippen LogP contribution is -2.31. The van der Waals surface area contributed by atoms with E-state index < -0.39 is 9.84 Å². The SMILES string of the molecule is CC1c2c(n(CCc3ccc(F)cc3)c3ccc(S(C)(=O)=O)cc23)CCN1C. The third kappa shape index (κ3) is 3.35. The van der Waals surface area contributed by atoms with Gasteiger partial charge in [0.1, 0.15) is 5.82 Å². The maximum atomic E-state index is 13.2. The lowest BCUT2D eigenvalue weighted by Gasteiger charge is -2.31. The molecule has 0 amide bonds. The number of aryl methyl sites for hydroxylation is 2. The summed E-state index contributed by atoms with van der Waals surface area (Å²) in [6.45, 7) is 3.93. The van der Waals surface area contributed by atoms with Crippen LogP contribution >= 0.6 is 0 Å². The lowest BCUT2D eigenvalue weighted by molar-refractivity contribution is 0.245. The van der Waals surface area contributed by atoms with E-state index in [0.29, 0.717) is 4.90 Å². The Hall–Kier alpha value is -2.18. The van der Waals surface area contributed by atoms with Crippen LogP contribution in [-0.4, -0.2) is 37.7 Å². The van der Waals surface area contributed by atoms with E-state index in [1.54, 1.807) is 6.07 Å². The fraction of sp³-hybridized carbons (Fsp3) is 0.364. The Morgan fingerprint density at radius 2 is 1.86 bits per heavy atom. The lowest BCUT2D eigenvalue weighted by atomic mass is 9.97. The molecule has 4 rings (SSSR count). The Morgan fingerprint density at radius 3 is 2.54 bits per heavy atom. The van der Waals surface area contributed by atoms with Crippen LogP contribution in [0.15, 0.2) is 47.4 Å². The van der Waals surface area contributed by atoms with Crippen molar-refractivity contribution in [2.45, 2.75) is 37.2 Å². The highest BCUT2D eigenvalue weighted by Crippen LogP contribution is 2.38. The van der Waals surface area contributed by atoms with E-state index in [2.05, 4.69) is 23.4 Å². The molecule has 0 spiro atoms. The summed E-state index contributed by atoms with van der Waals surface area (Å²) in [5.74, 6) is -0.224. The van der Waals surface area contributed by atoms with Crippen LogP contribution in [0, 0.1) is 5.82 Å². The number of fused-ring (bicyclic) bond motifs is 3. The summed E-state index contributed by atoms with van der Waals surface area (Å²) < 4.78 is 39.7. The van der Waals surface area contributed by atoms with Gasteiger partial charge in [0.25, 0.3) is 0 Å². The molecule has 1 atom stereocenters. The molecule has 0 saturated carbocycles. The maximum absolute atomic E-state index is 13.2. The summed E-state index contributed by atoms with van der Waals surface area (Å²) >= 11 is 0. The number of nitrogens with zero attached hydrogens (tertiary/aromatic N) is 2. The second kappa shape index (κ2) is 7.01. The van der Waals surface area contributed by atoms with Crippen molar-refractivity contribution in [3.8, 4) is 0 Å². The molecule has 2 heterocycles. The van der Waals surface area contributed by atoms with Crippen LogP contribution in [0.4, 0.5) is 4.39 Å². The van der Waals surface area contributed by atoms with Crippen LogP contribution < -0.4 is 0 Å². The minimum absolute atomic E-state index is 0.224. The normalized spacial score (nSPS) is 17.8. The molecule has 2 aromatic carbocycles. The summed E-state index contributed by atoms with van der Waals surface area (Å²) in [6, 6.07) is 12.3. The molecule has 28 heavy (non-hydrogen) atoms. The zero-order valence-corrected chi connectivity index (χ0v) is 17.3. The van der Waals surface area contributed by atoms with Crippen molar-refractivity contribution in [3.63, 3.8) is 0 Å². The Balaban J connectivity index is 1.82. The zero-order valence-electron chi connectivity index (χ0n) is 16.4. The van der Waals surface area contributed by atoms with Crippen LogP contribution in [0.1, 0.15) is 29.8 Å². The van der Waals surface area contributed by atoms with Gasteiger partial charge in [0.05, 0.1) is 4.90 Å². The van der Waals surface area contributed by atoms with Gasteiger partial charge in [0.2, 0.25) is 0 Å². The molecule has 0 bridgehead atoms. The smallest absolute Gasteiger partial charge is 0.175 e. The van der Waals surface area contributed by atoms with Crippen molar-refractivity contribution in [3.05, 3.63) is 65.1 Å². The molecule has 0 radical (unpaired) electrons. The summed E-state index contributed by atoms with van der Waals surface area (Å²) in [5.41, 5.74) is 4.68. The predicted octanol–water partition coefficient (Wildman–Crippen LogP) is 3.98. The van der Waals surface area contributed by atoms with Crippen molar-refractivity contribution in [2.75, 3.05) is 19.8 Å². The van der Waals surface area contributed by atoms with Gasteiger partial charge in [0, 0.05) is 48.4 Å². The number of sulfone groups is 1. The van der Waals surface area contributed by atoms with Crippen LogP contribution in [0.2, 0.25) is 0 Å². The molecular weight excluding hydrogens is 375 g/mol. The highest BCUT2D eigenvalue weighted by atomic mass is 32.2. The van der Waals surface area contributed by atoms with Crippen molar-refractivity contribution in [1.82, 2.24) is 9.47 Å². The number of aromatic nitrogens is 1. The van der Waals surface area contributed by atoms with E-state index in [9.17, 15) is 12.8 Å². The molecule has 0 aliphatic carbocycles. The van der Waals surface area contributed by atoms with Crippen LogP contribution in [0.3, 0.4) is 0 Å². The summed E-state index contributed by atoms with van der Waals surface area (Å²) in [5, 5.41) is 1.02. The number of hydrogen-bond acceptors (Lipinski definition) is 3. The molecule has 0 N–H and O–H groups in total. The maximum Gasteiger partial charge on any atom is 0.175 e. The van der Waals surface area contributed by atoms with Gasteiger partial charge in [0.15, 0.2) is 9.84 Å². The third-order valence-electron chi connectivity index (χ3n) is 5.93. The van der Waals surface area contributed by atoms with Crippen molar-refractivity contribution < 1.29 is 12.8 Å². The van der Waals surface area contributed by atoms with Crippen LogP contribution in [-0.2, 0) is 29.2 Å². The van der Waals surface area contributed by atoms with Crippen LogP contribution in [0.5, 0.6) is 0 Å². The molecule has 3 aromatic rings. The minimum atomic E-state index is -3.26. The van der Waals surface area contributed by atoms with E-state index >= 15 is 0 Å². The fourth-order valence-electron chi connectivity index (χ4n) is 4.22. The largest absolute Gasteiger partial charge is 0.344 e. The first-order valence-corrected chi connectivity index (χ1v) is 11.4. The number of halogens is 1. The number of benzene rings is 2. The molecular formula is C22H25FN2O2S. The van der Waals surface area contributed by atoms with Gasteiger partial charge in [-0.05, 0) is 61.9 Å². The Labute approximate surface area is 165 Å². The van der Waals surface area contributed by atoms with E-state index in [1.165, 1.54) is 29.6 Å². The summed E-state index contributed by atoms with van der Waals surface area (Å²) in [6.07, 6.45) is 2.98. The van der Waals surface area contributed by atoms with E-state index in [1.807, 2.05) is 24.3 Å². The first-order chi connectivity index (χ1) is 13.3. The molecule has 4 nitrogen and oxygen atoms in total. The second-order valence-corrected chi connectivity index (χ2v) is 9.76. The highest BCUT2D eigenvalue weighted by Gasteiger charge is 2.28. The molecule has 1 aromatic heterocycles. The van der Waals surface area contributed by atoms with Gasteiger partial charge < -0.3 is 4.57 Å². The van der Waals surface area contributed by atoms with Gasteiger partial charge in [-0.25, -0.2) is 12.8 Å². The second-order valence-electron chi connectivity index (χ2n) is 7.75. The first-order valence-electron chi connectivity index (χ1n) is 9.55. The average Bonchev–Trinajstić information content (AvgIpc) is 2.97. The molecule has 6 heteroatoms. The monoisotopic (exact) mass is 400 g/mol. The van der Waals surface area contributed by atoms with Gasteiger partial charge in [-0.1, -0.05) is 12.1 Å². The summed E-state index contributed by atoms with van der Waals surface area (Å²) in [7, 11) is -1.15. The minimum Gasteiger partial charge on any atom is -0.344 e. The van der Waals surface area contributed by atoms with Gasteiger partial charge >= 0.3 is 0 Å². The van der Waals surface area contributed by atoms with Gasteiger partial charge in [-0.2, -0.15) is 0 Å². The van der Waals surface area contributed by atoms with Crippen molar-refractivity contribution in [2.24, 2.45) is 0 Å². The molecule has 0 fully saturated rings. The number of likely N-dealkylation sites (N-methyl/N-ethyl adjacent to an activating group) is 1. The standard InChI is InChI=1S/C22H25FN2O2S/c1-15-22-19-14-18(28(3,26)27)8-9-20(19)25(21(22)11-12-24(15)2)13-10-16-4-6-17(23)7-5-16/h4-9,14-15H,10-13H2,1-3H3. The van der Waals surface area contributed by atoms with E-state index in [0.717, 1.165) is 42.4 Å². The Morgan fingerprint density at radius 1 is 1.14 bits per heavy atom. The third-order valence-corrected chi connectivity index (χ3v) is 7.04. The van der Waals surface area contributed by atoms with E-state index in [-0.39, 0.29) is 11.9 Å². The van der Waals surface area contributed by atoms with Gasteiger partial charge in [-0.3, -0.25) is 4.90 Å². The predicted molar refractivity (Wildman–Crippen MR) is 110 cm³/mol. The van der Waals surface area contributed by atoms with Gasteiger partial charge in [-0.15, -0.1) is 0 Å². The molecule has 1 aliphatic heterocycles. The highest BCUT2D eigenvalue weighted by molar-refractivity contribution is 7.90. The Kier molecular flexibility index (Phi) is 4.79. The first kappa shape index (κ1) is 19.2. The van der Waals surface area contributed by atoms with Crippen molar-refractivity contribution in [1.29, 1.82) is 0 Å². The molecule has 1 aliphatic rings. The quantitative estimate of drug-likeness (QED) is 0.665. The number of rotatable bonds is 4. The fourth-order valence-corrected chi connectivity index (χ4v) is 4.87. The van der Waals surface area contributed by atoms with Crippen molar-refractivity contribution >= 4 is 20.7 Å². The average molecular weight is 401 g/mol. The topological polar surface area (TPSA) is 42.3 Å². The molecule has 1 unspecified atom stereocenters. The molecule has 0 saturated heterocycles. The summed E-state index contributed by atoms with van der Waals surface area (Å²) in [4.78, 5) is 2.66. The van der Waals surface area contributed by atoms with Crippen LogP contribution in [0.25, 0.3) is 10.9 Å². The number of hydrogen-bond donors (Lipinski definition) is 0. The molecule has 148 valence electrons. The van der Waals surface area contributed by atoms with E-state index in [4.69, 9.17) is 0 Å². The Bertz CT molecular complexity index is 1130.